The lowest BCUT2D eigenvalue weighted by Crippen LogP contribution is -1.89. The van der Waals surface area contributed by atoms with E-state index in [0.717, 1.165) is 6.42 Å². The average Bonchev–Trinajstić information content (AvgIpc) is 1.66. The Hall–Kier alpha value is -0.840. The van der Waals surface area contributed by atoms with Crippen LogP contribution in [0.2, 0.25) is 0 Å². The monoisotopic (exact) mass is 111 g/mol. The molecule has 0 heterocycles. The van der Waals surface area contributed by atoms with Gasteiger partial charge < -0.3 is 9.64 Å². The van der Waals surface area contributed by atoms with Gasteiger partial charge in [-0.05, 0) is 6.92 Å². The molecule has 0 saturated carbocycles. The molecule has 0 fully saturated rings. The molecular formula is C6H9NO. The van der Waals surface area contributed by atoms with Crippen molar-refractivity contribution in [3.05, 3.63) is 11.4 Å². The van der Waals surface area contributed by atoms with Crippen LogP contribution in [0.25, 0.3) is 4.85 Å². The third-order valence-electron chi connectivity index (χ3n) is 0.799. The molecule has 44 valence electrons. The summed E-state index contributed by atoms with van der Waals surface area (Å²) in [6, 6.07) is 0. The van der Waals surface area contributed by atoms with Crippen molar-refractivity contribution in [1.82, 2.24) is 0 Å². The van der Waals surface area contributed by atoms with Gasteiger partial charge in [0.25, 0.3) is 0 Å². The van der Waals surface area contributed by atoms with Gasteiger partial charge in [0.05, 0.1) is 0 Å². The van der Waals surface area contributed by atoms with Crippen molar-refractivity contribution in [3.63, 3.8) is 0 Å². The quantitative estimate of drug-likeness (QED) is 0.397. The standard InChI is InChI=1S/C6H9NO/c1-6(8)4-3-5-7-2/h3-5H2,1H3. The van der Waals surface area contributed by atoms with Crippen LogP contribution in [0.4, 0.5) is 0 Å². The molecule has 0 atom stereocenters. The third kappa shape index (κ3) is 5.16. The van der Waals surface area contributed by atoms with E-state index >= 15 is 0 Å². The minimum atomic E-state index is 0.175. The number of rotatable bonds is 3. The van der Waals surface area contributed by atoms with Gasteiger partial charge in [0, 0.05) is 12.8 Å². The van der Waals surface area contributed by atoms with Crippen LogP contribution in [0, 0.1) is 6.57 Å². The second-order valence-electron chi connectivity index (χ2n) is 1.69. The molecule has 8 heavy (non-hydrogen) atoms. The molecule has 0 aromatic carbocycles. The molecule has 0 aromatic rings. The maximum absolute atomic E-state index is 10.2. The van der Waals surface area contributed by atoms with Crippen LogP contribution in [-0.4, -0.2) is 12.3 Å². The van der Waals surface area contributed by atoms with Gasteiger partial charge in [-0.15, -0.1) is 0 Å². The number of hydrogen-bond donors (Lipinski definition) is 0. The highest BCUT2D eigenvalue weighted by atomic mass is 16.1. The van der Waals surface area contributed by atoms with Crippen LogP contribution in [0.3, 0.4) is 0 Å². The first-order chi connectivity index (χ1) is 3.77. The average molecular weight is 111 g/mol. The molecule has 0 rings (SSSR count). The molecule has 0 spiro atoms. The van der Waals surface area contributed by atoms with Gasteiger partial charge in [-0.25, -0.2) is 6.57 Å². The van der Waals surface area contributed by atoms with Crippen LogP contribution < -0.4 is 0 Å². The molecule has 0 aliphatic carbocycles. The van der Waals surface area contributed by atoms with E-state index in [0.29, 0.717) is 13.0 Å². The first-order valence-electron chi connectivity index (χ1n) is 2.60. The molecule has 2 heteroatoms. The zero-order valence-corrected chi connectivity index (χ0v) is 4.98. The topological polar surface area (TPSA) is 21.4 Å². The molecule has 0 radical (unpaired) electrons. The largest absolute Gasteiger partial charge is 0.317 e. The Morgan fingerprint density at radius 3 is 2.75 bits per heavy atom. The van der Waals surface area contributed by atoms with E-state index in [-0.39, 0.29) is 5.78 Å². The van der Waals surface area contributed by atoms with E-state index in [1.165, 1.54) is 0 Å². The Morgan fingerprint density at radius 2 is 2.38 bits per heavy atom. The fourth-order valence-corrected chi connectivity index (χ4v) is 0.407. The maximum Gasteiger partial charge on any atom is 0.215 e. The molecule has 0 saturated heterocycles. The number of carbonyl (C=O) groups excluding carboxylic acids is 1. The number of ketones is 1. The molecule has 2 nitrogen and oxygen atoms in total. The Morgan fingerprint density at radius 1 is 1.75 bits per heavy atom. The molecule has 0 aliphatic rings. The molecule has 0 aliphatic heterocycles. The fourth-order valence-electron chi connectivity index (χ4n) is 0.407. The second-order valence-corrected chi connectivity index (χ2v) is 1.69. The first kappa shape index (κ1) is 7.16. The molecule has 0 aromatic heterocycles. The summed E-state index contributed by atoms with van der Waals surface area (Å²) in [5.74, 6) is 0.175. The van der Waals surface area contributed by atoms with Crippen LogP contribution in [0.5, 0.6) is 0 Å². The van der Waals surface area contributed by atoms with Gasteiger partial charge in [-0.1, -0.05) is 0 Å². The van der Waals surface area contributed by atoms with E-state index < -0.39 is 0 Å². The van der Waals surface area contributed by atoms with Crippen LogP contribution in [0.15, 0.2) is 0 Å². The van der Waals surface area contributed by atoms with Gasteiger partial charge in [0.15, 0.2) is 0 Å². The van der Waals surface area contributed by atoms with E-state index in [4.69, 9.17) is 6.57 Å². The number of carbonyl (C=O) groups is 1. The molecule has 0 N–H and O–H groups in total. The fraction of sp³-hybridized carbons (Fsp3) is 0.667. The first-order valence-corrected chi connectivity index (χ1v) is 2.60. The summed E-state index contributed by atoms with van der Waals surface area (Å²) in [6.45, 7) is 8.39. The lowest BCUT2D eigenvalue weighted by Gasteiger charge is -1.83. The lowest BCUT2D eigenvalue weighted by atomic mass is 10.2. The number of hydrogen-bond acceptors (Lipinski definition) is 1. The minimum Gasteiger partial charge on any atom is -0.317 e. The normalized spacial score (nSPS) is 8.00. The Balaban J connectivity index is 2.97. The number of nitrogens with zero attached hydrogens (tertiary/aromatic N) is 1. The summed E-state index contributed by atoms with van der Waals surface area (Å²) in [5.41, 5.74) is 0. The van der Waals surface area contributed by atoms with Gasteiger partial charge in [0.1, 0.15) is 5.78 Å². The second kappa shape index (κ2) is 4.32. The van der Waals surface area contributed by atoms with Crippen molar-refractivity contribution in [2.45, 2.75) is 19.8 Å². The van der Waals surface area contributed by atoms with Crippen molar-refractivity contribution in [2.75, 3.05) is 6.54 Å². The van der Waals surface area contributed by atoms with Crippen LogP contribution >= 0.6 is 0 Å². The molecular weight excluding hydrogens is 102 g/mol. The number of Topliss-reactive ketones (excluding diaryl/α,β-unsaturated/α-hetero) is 1. The van der Waals surface area contributed by atoms with Crippen LogP contribution in [-0.2, 0) is 4.79 Å². The predicted molar refractivity (Wildman–Crippen MR) is 31.4 cm³/mol. The zero-order valence-electron chi connectivity index (χ0n) is 4.98. The van der Waals surface area contributed by atoms with Crippen molar-refractivity contribution < 1.29 is 4.79 Å². The summed E-state index contributed by atoms with van der Waals surface area (Å²) in [4.78, 5) is 13.3. The van der Waals surface area contributed by atoms with E-state index in [1.54, 1.807) is 6.92 Å². The maximum atomic E-state index is 10.2. The zero-order chi connectivity index (χ0) is 6.41. The summed E-state index contributed by atoms with van der Waals surface area (Å²) in [7, 11) is 0. The van der Waals surface area contributed by atoms with Crippen molar-refractivity contribution >= 4 is 5.78 Å². The summed E-state index contributed by atoms with van der Waals surface area (Å²) in [6.07, 6.45) is 1.28. The van der Waals surface area contributed by atoms with Crippen LogP contribution in [0.1, 0.15) is 19.8 Å². The third-order valence-corrected chi connectivity index (χ3v) is 0.799. The Labute approximate surface area is 49.3 Å². The van der Waals surface area contributed by atoms with Gasteiger partial charge in [-0.2, -0.15) is 0 Å². The van der Waals surface area contributed by atoms with E-state index in [2.05, 4.69) is 4.85 Å². The van der Waals surface area contributed by atoms with Crippen molar-refractivity contribution in [2.24, 2.45) is 0 Å². The van der Waals surface area contributed by atoms with Crippen molar-refractivity contribution in [1.29, 1.82) is 0 Å². The molecule has 0 bridgehead atoms. The minimum absolute atomic E-state index is 0.175. The van der Waals surface area contributed by atoms with E-state index in [1.807, 2.05) is 0 Å². The predicted octanol–water partition coefficient (Wildman–Crippen LogP) is 1.27. The van der Waals surface area contributed by atoms with E-state index in [9.17, 15) is 4.79 Å². The Bertz CT molecular complexity index is 112. The summed E-state index contributed by atoms with van der Waals surface area (Å²) < 4.78 is 0. The van der Waals surface area contributed by atoms with Crippen molar-refractivity contribution in [3.8, 4) is 0 Å². The highest BCUT2D eigenvalue weighted by Gasteiger charge is 1.92. The smallest absolute Gasteiger partial charge is 0.215 e. The molecule has 0 unspecified atom stereocenters. The Kier molecular flexibility index (Phi) is 3.87. The lowest BCUT2D eigenvalue weighted by molar-refractivity contribution is -0.117. The summed E-state index contributed by atoms with van der Waals surface area (Å²) in [5, 5.41) is 0. The highest BCUT2D eigenvalue weighted by Crippen LogP contribution is 1.89. The SMILES string of the molecule is [C-]#[N+]CCCC(C)=O. The summed E-state index contributed by atoms with van der Waals surface area (Å²) >= 11 is 0. The molecule has 0 amide bonds. The highest BCUT2D eigenvalue weighted by molar-refractivity contribution is 5.75. The van der Waals surface area contributed by atoms with Gasteiger partial charge in [0.2, 0.25) is 6.54 Å². The van der Waals surface area contributed by atoms with Gasteiger partial charge in [-0.3, -0.25) is 0 Å². The van der Waals surface area contributed by atoms with Gasteiger partial charge >= 0.3 is 0 Å².